The number of unbranched alkanes of at least 4 members (excludes halogenated alkanes) is 2. The summed E-state index contributed by atoms with van der Waals surface area (Å²) in [7, 11) is 0. The van der Waals surface area contributed by atoms with E-state index in [1.165, 1.54) is 57.4 Å². The fourth-order valence-electron chi connectivity index (χ4n) is 7.37. The molecule has 256 valence electrons. The lowest BCUT2D eigenvalue weighted by Gasteiger charge is -2.38. The zero-order valence-corrected chi connectivity index (χ0v) is 26.1. The van der Waals surface area contributed by atoms with Crippen molar-refractivity contribution >= 4 is 0 Å². The zero-order chi connectivity index (χ0) is 32.9. The second-order valence-electron chi connectivity index (χ2n) is 13.2. The maximum absolute atomic E-state index is 15.3. The van der Waals surface area contributed by atoms with E-state index in [0.29, 0.717) is 48.3 Å². The van der Waals surface area contributed by atoms with Crippen LogP contribution in [0.25, 0.3) is 0 Å². The zero-order valence-electron chi connectivity index (χ0n) is 26.1. The molecular weight excluding hydrogens is 617 g/mol. The Kier molecular flexibility index (Phi) is 11.4. The van der Waals surface area contributed by atoms with Gasteiger partial charge in [0.25, 0.3) is 0 Å². The molecule has 4 nitrogen and oxygen atoms in total. The second kappa shape index (κ2) is 15.1. The van der Waals surface area contributed by atoms with Gasteiger partial charge in [0.1, 0.15) is 11.6 Å². The van der Waals surface area contributed by atoms with Crippen molar-refractivity contribution in [1.82, 2.24) is 0 Å². The Morgan fingerprint density at radius 2 is 1.43 bits per heavy atom. The lowest BCUT2D eigenvalue weighted by Crippen LogP contribution is -2.37. The first-order chi connectivity index (χ1) is 21.9. The van der Waals surface area contributed by atoms with Crippen molar-refractivity contribution in [1.29, 1.82) is 0 Å². The smallest absolute Gasteiger partial charge is 0.432 e. The Hall–Kier alpha value is -2.53. The van der Waals surface area contributed by atoms with Gasteiger partial charge in [0.15, 0.2) is 17.9 Å². The number of benzene rings is 2. The highest BCUT2D eigenvalue weighted by Crippen LogP contribution is 2.45. The maximum Gasteiger partial charge on any atom is 0.573 e. The SMILES string of the molecule is CCCCCC1CCC(C2COC(c3ccc(C4CCC(C(F)(F)Oc5ccc(OC(F)(F)F)c(F)c5)CC4)c(F)c3)OC2)CC1. The van der Waals surface area contributed by atoms with E-state index in [-0.39, 0.29) is 31.6 Å². The molecule has 0 bridgehead atoms. The Balaban J connectivity index is 1.08. The van der Waals surface area contributed by atoms with E-state index in [0.717, 1.165) is 12.0 Å². The number of hydrogen-bond acceptors (Lipinski definition) is 4. The molecule has 0 radical (unpaired) electrons. The third-order valence-corrected chi connectivity index (χ3v) is 10.0. The van der Waals surface area contributed by atoms with Crippen LogP contribution in [0.3, 0.4) is 0 Å². The van der Waals surface area contributed by atoms with E-state index in [1.54, 1.807) is 12.1 Å². The first-order valence-corrected chi connectivity index (χ1v) is 16.6. The minimum atomic E-state index is -5.13. The van der Waals surface area contributed by atoms with Gasteiger partial charge in [-0.15, -0.1) is 13.2 Å². The monoisotopic (exact) mass is 660 g/mol. The van der Waals surface area contributed by atoms with Crippen molar-refractivity contribution in [2.75, 3.05) is 13.2 Å². The largest absolute Gasteiger partial charge is 0.573 e. The van der Waals surface area contributed by atoms with Gasteiger partial charge >= 0.3 is 12.5 Å². The second-order valence-corrected chi connectivity index (χ2v) is 13.2. The van der Waals surface area contributed by atoms with Gasteiger partial charge in [-0.3, -0.25) is 0 Å². The van der Waals surface area contributed by atoms with Crippen molar-refractivity contribution in [3.63, 3.8) is 0 Å². The van der Waals surface area contributed by atoms with Crippen molar-refractivity contribution in [3.05, 3.63) is 59.2 Å². The molecule has 5 rings (SSSR count). The van der Waals surface area contributed by atoms with Gasteiger partial charge in [0.2, 0.25) is 0 Å². The molecule has 0 amide bonds. The normalized spacial score (nSPS) is 27.7. The number of ether oxygens (including phenoxy) is 4. The summed E-state index contributed by atoms with van der Waals surface area (Å²) in [6.45, 7) is 3.40. The summed E-state index contributed by atoms with van der Waals surface area (Å²) in [5.41, 5.74) is 1.03. The first-order valence-electron chi connectivity index (χ1n) is 16.6. The highest BCUT2D eigenvalue weighted by molar-refractivity contribution is 5.33. The number of rotatable bonds is 11. The third kappa shape index (κ3) is 9.08. The van der Waals surface area contributed by atoms with Gasteiger partial charge < -0.3 is 18.9 Å². The summed E-state index contributed by atoms with van der Waals surface area (Å²) >= 11 is 0. The summed E-state index contributed by atoms with van der Waals surface area (Å²) in [6.07, 6.45) is 1.30. The Labute approximate surface area is 265 Å². The van der Waals surface area contributed by atoms with E-state index >= 15 is 4.39 Å². The molecule has 11 heteroatoms. The van der Waals surface area contributed by atoms with Gasteiger partial charge in [-0.2, -0.15) is 8.78 Å². The van der Waals surface area contributed by atoms with E-state index in [1.807, 2.05) is 0 Å². The molecule has 0 atom stereocenters. The molecule has 3 aliphatic rings. The van der Waals surface area contributed by atoms with E-state index in [9.17, 15) is 26.3 Å². The molecule has 3 fully saturated rings. The lowest BCUT2D eigenvalue weighted by atomic mass is 9.74. The third-order valence-electron chi connectivity index (χ3n) is 10.0. The van der Waals surface area contributed by atoms with Gasteiger partial charge in [-0.1, -0.05) is 57.6 Å². The molecule has 0 N–H and O–H groups in total. The van der Waals surface area contributed by atoms with Crippen molar-refractivity contribution in [2.45, 2.75) is 109 Å². The molecule has 2 aromatic rings. The van der Waals surface area contributed by atoms with Crippen LogP contribution >= 0.6 is 0 Å². The van der Waals surface area contributed by atoms with Crippen molar-refractivity contribution < 1.29 is 49.7 Å². The molecular formula is C35H43F7O4. The van der Waals surface area contributed by atoms with Crippen LogP contribution in [0.2, 0.25) is 0 Å². The molecule has 0 aromatic heterocycles. The predicted octanol–water partition coefficient (Wildman–Crippen LogP) is 10.9. The fourth-order valence-corrected chi connectivity index (χ4v) is 7.37. The summed E-state index contributed by atoms with van der Waals surface area (Å²) in [4.78, 5) is 0. The van der Waals surface area contributed by atoms with Crippen molar-refractivity contribution in [2.24, 2.45) is 23.7 Å². The van der Waals surface area contributed by atoms with Gasteiger partial charge in [0, 0.05) is 17.5 Å². The van der Waals surface area contributed by atoms with Gasteiger partial charge in [0.05, 0.1) is 19.1 Å². The number of alkyl halides is 5. The van der Waals surface area contributed by atoms with Crippen LogP contribution in [0.5, 0.6) is 11.5 Å². The highest BCUT2D eigenvalue weighted by Gasteiger charge is 2.45. The van der Waals surface area contributed by atoms with E-state index < -0.39 is 47.8 Å². The molecule has 1 saturated heterocycles. The maximum atomic E-state index is 15.3. The van der Waals surface area contributed by atoms with Crippen LogP contribution in [0.15, 0.2) is 36.4 Å². The minimum absolute atomic E-state index is 0.0213. The Morgan fingerprint density at radius 3 is 2.04 bits per heavy atom. The summed E-state index contributed by atoms with van der Waals surface area (Å²) in [6, 6.07) is 6.66. The number of halogens is 7. The Bertz CT molecular complexity index is 1260. The molecule has 1 aliphatic heterocycles. The predicted molar refractivity (Wildman–Crippen MR) is 157 cm³/mol. The molecule has 0 spiro atoms. The van der Waals surface area contributed by atoms with E-state index in [4.69, 9.17) is 14.2 Å². The topological polar surface area (TPSA) is 36.9 Å². The molecule has 1 heterocycles. The molecule has 2 saturated carbocycles. The summed E-state index contributed by atoms with van der Waals surface area (Å²) < 4.78 is 117. The van der Waals surface area contributed by atoms with Crippen LogP contribution in [-0.4, -0.2) is 25.7 Å². The van der Waals surface area contributed by atoms with Gasteiger partial charge in [-0.05, 0) is 80.0 Å². The lowest BCUT2D eigenvalue weighted by molar-refractivity contribution is -0.275. The summed E-state index contributed by atoms with van der Waals surface area (Å²) in [5, 5.41) is 0. The van der Waals surface area contributed by atoms with Crippen LogP contribution in [0.4, 0.5) is 30.7 Å². The fraction of sp³-hybridized carbons (Fsp3) is 0.657. The molecule has 46 heavy (non-hydrogen) atoms. The van der Waals surface area contributed by atoms with Crippen LogP contribution in [0.1, 0.15) is 107 Å². The average molecular weight is 661 g/mol. The molecule has 0 unspecified atom stereocenters. The Morgan fingerprint density at radius 1 is 0.739 bits per heavy atom. The average Bonchev–Trinajstić information content (AvgIpc) is 3.02. The molecule has 2 aromatic carbocycles. The standard InChI is InChI=1S/C35H43F7O4/c1-2-3-4-5-22-6-8-23(9-7-22)26-20-43-33(44-21-26)25-12-16-29(30(36)18-25)24-10-13-27(14-11-24)34(38,39)45-28-15-17-32(31(37)19-28)46-35(40,41)42/h12,15-19,22-24,26-27,33H,2-11,13-14,20-21H2,1H3. The molecule has 2 aliphatic carbocycles. The first kappa shape index (κ1) is 34.8. The van der Waals surface area contributed by atoms with E-state index in [2.05, 4.69) is 11.7 Å². The van der Waals surface area contributed by atoms with Crippen molar-refractivity contribution in [3.8, 4) is 11.5 Å². The van der Waals surface area contributed by atoms with Crippen LogP contribution in [0, 0.1) is 35.3 Å². The van der Waals surface area contributed by atoms with Gasteiger partial charge in [-0.25, -0.2) is 8.78 Å². The van der Waals surface area contributed by atoms with Crippen LogP contribution < -0.4 is 9.47 Å². The quantitative estimate of drug-likeness (QED) is 0.178. The van der Waals surface area contributed by atoms with Crippen LogP contribution in [-0.2, 0) is 9.47 Å². The number of hydrogen-bond donors (Lipinski definition) is 0. The summed E-state index contributed by atoms with van der Waals surface area (Å²) in [5.74, 6) is -3.41. The highest BCUT2D eigenvalue weighted by atomic mass is 19.4. The minimum Gasteiger partial charge on any atom is -0.432 e.